The second-order valence-corrected chi connectivity index (χ2v) is 3.11. The van der Waals surface area contributed by atoms with Gasteiger partial charge in [0.2, 0.25) is 0 Å². The summed E-state index contributed by atoms with van der Waals surface area (Å²) in [7, 11) is 0. The van der Waals surface area contributed by atoms with Gasteiger partial charge in [0.05, 0.1) is 6.42 Å². The lowest BCUT2D eigenvalue weighted by molar-refractivity contribution is -0.118. The number of carbonyl (C=O) groups excluding carboxylic acids is 1. The molecule has 0 saturated heterocycles. The van der Waals surface area contributed by atoms with Gasteiger partial charge in [0.1, 0.15) is 11.6 Å². The molecule has 0 saturated carbocycles. The van der Waals surface area contributed by atoms with Gasteiger partial charge in [0.15, 0.2) is 0 Å². The van der Waals surface area contributed by atoms with Crippen LogP contribution in [0.3, 0.4) is 0 Å². The van der Waals surface area contributed by atoms with Crippen LogP contribution in [0, 0.1) is 0 Å². The lowest BCUT2D eigenvalue weighted by atomic mass is 10.2. The van der Waals surface area contributed by atoms with E-state index >= 15 is 0 Å². The van der Waals surface area contributed by atoms with E-state index in [9.17, 15) is 4.79 Å². The molecule has 1 heterocycles. The van der Waals surface area contributed by atoms with E-state index in [-0.39, 0.29) is 5.78 Å². The van der Waals surface area contributed by atoms with Crippen molar-refractivity contribution in [1.82, 2.24) is 9.55 Å². The number of imidazole rings is 1. The standard InChI is InChI=1S/C10H16N2O/c1-3-6-12-7-5-11-10(12)8-9(13)4-2/h5,7H,3-4,6,8H2,1-2H3. The third kappa shape index (κ3) is 2.68. The van der Waals surface area contributed by atoms with Gasteiger partial charge in [-0.15, -0.1) is 0 Å². The highest BCUT2D eigenvalue weighted by Crippen LogP contribution is 2.02. The predicted octanol–water partition coefficient (Wildman–Crippen LogP) is 1.81. The van der Waals surface area contributed by atoms with Crippen LogP contribution in [0.15, 0.2) is 12.4 Å². The fraction of sp³-hybridized carbons (Fsp3) is 0.600. The molecule has 0 bridgehead atoms. The first kappa shape index (κ1) is 9.96. The Hall–Kier alpha value is -1.12. The number of hydrogen-bond donors (Lipinski definition) is 0. The first-order chi connectivity index (χ1) is 6.27. The monoisotopic (exact) mass is 180 g/mol. The van der Waals surface area contributed by atoms with Crippen molar-refractivity contribution in [2.75, 3.05) is 0 Å². The summed E-state index contributed by atoms with van der Waals surface area (Å²) in [5, 5.41) is 0. The van der Waals surface area contributed by atoms with E-state index in [1.807, 2.05) is 17.7 Å². The lowest BCUT2D eigenvalue weighted by Gasteiger charge is -2.04. The van der Waals surface area contributed by atoms with Gasteiger partial charge in [-0.3, -0.25) is 4.79 Å². The minimum absolute atomic E-state index is 0.253. The van der Waals surface area contributed by atoms with Crippen molar-refractivity contribution in [2.24, 2.45) is 0 Å². The van der Waals surface area contributed by atoms with E-state index in [2.05, 4.69) is 11.9 Å². The average Bonchev–Trinajstić information content (AvgIpc) is 2.54. The Morgan fingerprint density at radius 1 is 1.54 bits per heavy atom. The van der Waals surface area contributed by atoms with Crippen molar-refractivity contribution in [3.8, 4) is 0 Å². The van der Waals surface area contributed by atoms with Gasteiger partial charge >= 0.3 is 0 Å². The Bertz CT molecular complexity index is 278. The summed E-state index contributed by atoms with van der Waals surface area (Å²) in [6.45, 7) is 4.95. The third-order valence-corrected chi connectivity index (χ3v) is 2.02. The number of ketones is 1. The maximum Gasteiger partial charge on any atom is 0.140 e. The summed E-state index contributed by atoms with van der Waals surface area (Å²) in [5.41, 5.74) is 0. The highest BCUT2D eigenvalue weighted by molar-refractivity contribution is 5.79. The molecule has 0 N–H and O–H groups in total. The maximum absolute atomic E-state index is 11.2. The van der Waals surface area contributed by atoms with E-state index in [1.165, 1.54) is 0 Å². The number of aromatic nitrogens is 2. The minimum Gasteiger partial charge on any atom is -0.335 e. The van der Waals surface area contributed by atoms with Gasteiger partial charge in [0.25, 0.3) is 0 Å². The number of rotatable bonds is 5. The van der Waals surface area contributed by atoms with Crippen molar-refractivity contribution in [3.63, 3.8) is 0 Å². The molecule has 0 amide bonds. The summed E-state index contributed by atoms with van der Waals surface area (Å²) < 4.78 is 2.05. The second-order valence-electron chi connectivity index (χ2n) is 3.11. The van der Waals surface area contributed by atoms with Gasteiger partial charge in [-0.25, -0.2) is 4.98 Å². The van der Waals surface area contributed by atoms with E-state index < -0.39 is 0 Å². The van der Waals surface area contributed by atoms with Crippen LogP contribution in [0.2, 0.25) is 0 Å². The number of aryl methyl sites for hydroxylation is 1. The van der Waals surface area contributed by atoms with Crippen molar-refractivity contribution in [2.45, 2.75) is 39.7 Å². The Labute approximate surface area is 78.8 Å². The molecule has 13 heavy (non-hydrogen) atoms. The molecular weight excluding hydrogens is 164 g/mol. The molecule has 1 rings (SSSR count). The molecule has 0 fully saturated rings. The topological polar surface area (TPSA) is 34.9 Å². The van der Waals surface area contributed by atoms with E-state index in [4.69, 9.17) is 0 Å². The SMILES string of the molecule is CCCn1ccnc1CC(=O)CC. The van der Waals surface area contributed by atoms with Crippen molar-refractivity contribution in [3.05, 3.63) is 18.2 Å². The van der Waals surface area contributed by atoms with Crippen LogP contribution >= 0.6 is 0 Å². The minimum atomic E-state index is 0.253. The number of hydrogen-bond acceptors (Lipinski definition) is 2. The molecule has 3 nitrogen and oxygen atoms in total. The summed E-state index contributed by atoms with van der Waals surface area (Å²) in [6, 6.07) is 0. The summed E-state index contributed by atoms with van der Waals surface area (Å²) in [5.74, 6) is 1.15. The molecule has 0 atom stereocenters. The molecule has 0 aliphatic carbocycles. The normalized spacial score (nSPS) is 10.3. The molecule has 0 unspecified atom stereocenters. The molecule has 1 aromatic rings. The smallest absolute Gasteiger partial charge is 0.140 e. The summed E-state index contributed by atoms with van der Waals surface area (Å²) >= 11 is 0. The van der Waals surface area contributed by atoms with Crippen LogP contribution in [0.5, 0.6) is 0 Å². The van der Waals surface area contributed by atoms with Gasteiger partial charge in [-0.1, -0.05) is 13.8 Å². The van der Waals surface area contributed by atoms with Crippen molar-refractivity contribution < 1.29 is 4.79 Å². The Balaban J connectivity index is 2.64. The Morgan fingerprint density at radius 3 is 2.92 bits per heavy atom. The molecule has 0 aliphatic rings. The molecule has 0 aliphatic heterocycles. The maximum atomic E-state index is 11.2. The van der Waals surface area contributed by atoms with Gasteiger partial charge in [-0.05, 0) is 6.42 Å². The predicted molar refractivity (Wildman–Crippen MR) is 51.5 cm³/mol. The lowest BCUT2D eigenvalue weighted by Crippen LogP contribution is -2.08. The molecule has 72 valence electrons. The van der Waals surface area contributed by atoms with Crippen LogP contribution in [0.25, 0.3) is 0 Å². The quantitative estimate of drug-likeness (QED) is 0.692. The molecule has 0 radical (unpaired) electrons. The first-order valence-corrected chi connectivity index (χ1v) is 4.79. The number of Topliss-reactive ketones (excluding diaryl/α,β-unsaturated/α-hetero) is 1. The summed E-state index contributed by atoms with van der Waals surface area (Å²) in [6.07, 6.45) is 5.84. The van der Waals surface area contributed by atoms with E-state index in [1.54, 1.807) is 6.20 Å². The van der Waals surface area contributed by atoms with Crippen molar-refractivity contribution in [1.29, 1.82) is 0 Å². The highest BCUT2D eigenvalue weighted by atomic mass is 16.1. The number of carbonyl (C=O) groups is 1. The molecule has 0 aromatic carbocycles. The largest absolute Gasteiger partial charge is 0.335 e. The zero-order chi connectivity index (χ0) is 9.68. The zero-order valence-electron chi connectivity index (χ0n) is 8.29. The van der Waals surface area contributed by atoms with Gasteiger partial charge < -0.3 is 4.57 Å². The Morgan fingerprint density at radius 2 is 2.31 bits per heavy atom. The van der Waals surface area contributed by atoms with Crippen LogP contribution < -0.4 is 0 Å². The zero-order valence-corrected chi connectivity index (χ0v) is 8.29. The molecule has 0 spiro atoms. The fourth-order valence-electron chi connectivity index (χ4n) is 1.25. The van der Waals surface area contributed by atoms with Crippen LogP contribution in [0.1, 0.15) is 32.5 Å². The number of nitrogens with zero attached hydrogens (tertiary/aromatic N) is 2. The van der Waals surface area contributed by atoms with Crippen LogP contribution in [0.4, 0.5) is 0 Å². The fourth-order valence-corrected chi connectivity index (χ4v) is 1.25. The first-order valence-electron chi connectivity index (χ1n) is 4.79. The summed E-state index contributed by atoms with van der Waals surface area (Å²) in [4.78, 5) is 15.3. The second kappa shape index (κ2) is 4.80. The van der Waals surface area contributed by atoms with E-state index in [0.29, 0.717) is 12.8 Å². The van der Waals surface area contributed by atoms with Gasteiger partial charge in [0, 0.05) is 25.4 Å². The third-order valence-electron chi connectivity index (χ3n) is 2.02. The molecule has 3 heteroatoms. The average molecular weight is 180 g/mol. The van der Waals surface area contributed by atoms with Crippen LogP contribution in [-0.4, -0.2) is 15.3 Å². The van der Waals surface area contributed by atoms with Crippen molar-refractivity contribution >= 4 is 5.78 Å². The Kier molecular flexibility index (Phi) is 3.68. The molecule has 1 aromatic heterocycles. The highest BCUT2D eigenvalue weighted by Gasteiger charge is 2.06. The van der Waals surface area contributed by atoms with E-state index in [0.717, 1.165) is 18.8 Å². The van der Waals surface area contributed by atoms with Gasteiger partial charge in [-0.2, -0.15) is 0 Å². The molecular formula is C10H16N2O. The van der Waals surface area contributed by atoms with Crippen LogP contribution in [-0.2, 0) is 17.8 Å².